The molecule has 3 aromatic heterocycles. The molecule has 0 fully saturated rings. The summed E-state index contributed by atoms with van der Waals surface area (Å²) >= 11 is 0. The Morgan fingerprint density at radius 2 is 1.04 bits per heavy atom. The summed E-state index contributed by atoms with van der Waals surface area (Å²) in [4.78, 5) is 23.1. The minimum absolute atomic E-state index is 0.666. The number of H-pyrrole nitrogens is 2. The van der Waals surface area contributed by atoms with Crippen molar-refractivity contribution in [3.63, 3.8) is 0 Å². The summed E-state index contributed by atoms with van der Waals surface area (Å²) in [6, 6.07) is 23.9. The molecule has 0 aliphatic carbocycles. The van der Waals surface area contributed by atoms with Gasteiger partial charge in [-0.3, -0.25) is 10.3 Å². The van der Waals surface area contributed by atoms with E-state index in [0.29, 0.717) is 44.7 Å². The first kappa shape index (κ1) is 31.1. The highest BCUT2D eigenvalue weighted by molar-refractivity contribution is 6.10. The normalized spacial score (nSPS) is 14.1. The summed E-state index contributed by atoms with van der Waals surface area (Å²) in [6.45, 7) is 0. The summed E-state index contributed by atoms with van der Waals surface area (Å²) in [5.74, 6) is 2.66. The Morgan fingerprint density at radius 3 is 1.60 bits per heavy atom. The average Bonchev–Trinajstić information content (AvgIpc) is 4.02. The molecular formula is C42H33N6O4+. The van der Waals surface area contributed by atoms with Crippen LogP contribution in [-0.4, -0.2) is 54.1 Å². The highest BCUT2D eigenvalue weighted by atomic mass is 16.5. The number of nitrogens with zero attached hydrogens (tertiary/aromatic N) is 3. The number of ether oxygens (including phenoxy) is 4. The van der Waals surface area contributed by atoms with E-state index in [1.54, 1.807) is 28.4 Å². The van der Waals surface area contributed by atoms with Gasteiger partial charge in [-0.2, -0.15) is 0 Å². The van der Waals surface area contributed by atoms with Crippen molar-refractivity contribution in [1.82, 2.24) is 25.3 Å². The second kappa shape index (κ2) is 12.4. The molecule has 9 rings (SSSR count). The standard InChI is InChI=1S/C42H33N6O4/c1-49-27-17-23(18-28(21-27)50-2)31-9-10-32(24-19-29(51-3)22-30(20-24)52-4)40-39(31)47-41-37-15-13-35(45-37)33-11-7-25(43-33)5-6-26-8-12-34(44-26)36-14-16-38(46-36)42(41)48-40/h5-22,43,45-46H,1-4H3/q+1. The van der Waals surface area contributed by atoms with Gasteiger partial charge in [0.15, 0.2) is 11.0 Å². The van der Waals surface area contributed by atoms with Crippen LogP contribution in [0.3, 0.4) is 0 Å². The number of allylic oxidation sites excluding steroid dienone is 3. The maximum atomic E-state index is 5.67. The van der Waals surface area contributed by atoms with E-state index in [4.69, 9.17) is 33.9 Å². The molecule has 0 spiro atoms. The van der Waals surface area contributed by atoms with Crippen LogP contribution in [-0.2, 0) is 0 Å². The highest BCUT2D eigenvalue weighted by Crippen LogP contribution is 2.38. The number of methoxy groups -OCH3 is 4. The van der Waals surface area contributed by atoms with E-state index in [2.05, 4.69) is 46.0 Å². The molecule has 10 heteroatoms. The van der Waals surface area contributed by atoms with Crippen LogP contribution < -0.4 is 35.0 Å². The topological polar surface area (TPSA) is 119 Å². The molecule has 8 bridgehead atoms. The Morgan fingerprint density at radius 1 is 0.538 bits per heavy atom. The predicted octanol–water partition coefficient (Wildman–Crippen LogP) is 5.72. The largest absolute Gasteiger partial charge is 0.497 e. The van der Waals surface area contributed by atoms with Gasteiger partial charge in [-0.1, -0.05) is 12.1 Å². The maximum Gasteiger partial charge on any atom is 0.186 e. The second-order valence-corrected chi connectivity index (χ2v) is 12.5. The van der Waals surface area contributed by atoms with Gasteiger partial charge < -0.3 is 23.9 Å². The fraction of sp³-hybridized carbons (Fsp3) is 0.0952. The Bertz CT molecular complexity index is 2870. The summed E-state index contributed by atoms with van der Waals surface area (Å²) in [7, 11) is 6.58. The summed E-state index contributed by atoms with van der Waals surface area (Å²) in [5.41, 5.74) is 8.47. The zero-order valence-electron chi connectivity index (χ0n) is 28.9. The first-order valence-electron chi connectivity index (χ1n) is 16.7. The first-order valence-corrected chi connectivity index (χ1v) is 16.7. The van der Waals surface area contributed by atoms with Gasteiger partial charge in [0.1, 0.15) is 39.4 Å². The van der Waals surface area contributed by atoms with Crippen LogP contribution in [0.15, 0.2) is 114 Å². The molecule has 0 atom stereocenters. The number of rotatable bonds is 6. The molecule has 254 valence electrons. The van der Waals surface area contributed by atoms with Crippen molar-refractivity contribution in [3.05, 3.63) is 147 Å². The number of aliphatic imine (C=N–C) groups is 1. The molecule has 10 nitrogen and oxygen atoms in total. The molecular weight excluding hydrogens is 652 g/mol. The Kier molecular flexibility index (Phi) is 7.43. The molecule has 6 aromatic rings. The smallest absolute Gasteiger partial charge is 0.186 e. The number of benzene rings is 3. The molecule has 0 radical (unpaired) electrons. The van der Waals surface area contributed by atoms with E-state index >= 15 is 0 Å². The van der Waals surface area contributed by atoms with Crippen LogP contribution >= 0.6 is 0 Å². The van der Waals surface area contributed by atoms with Gasteiger partial charge in [-0.15, -0.1) is 0 Å². The van der Waals surface area contributed by atoms with Gasteiger partial charge >= 0.3 is 0 Å². The molecule has 0 saturated carbocycles. The molecule has 0 saturated heterocycles. The highest BCUT2D eigenvalue weighted by Gasteiger charge is 2.19. The van der Waals surface area contributed by atoms with E-state index < -0.39 is 0 Å². The number of hydrogen-bond acceptors (Lipinski definition) is 8. The lowest BCUT2D eigenvalue weighted by atomic mass is 9.96. The number of fused-ring (bicyclic) bond motifs is 9. The quantitative estimate of drug-likeness (QED) is 0.192. The average molecular weight is 686 g/mol. The zero-order valence-corrected chi connectivity index (χ0v) is 28.9. The predicted molar refractivity (Wildman–Crippen MR) is 201 cm³/mol. The van der Waals surface area contributed by atoms with Crippen LogP contribution in [0, 0.1) is 27.8 Å². The molecule has 3 N–H and O–H groups in total. The summed E-state index contributed by atoms with van der Waals surface area (Å²) in [6.07, 6.45) is 12.2. The van der Waals surface area contributed by atoms with Crippen molar-refractivity contribution in [2.24, 2.45) is 4.99 Å². The Balaban J connectivity index is 1.47. The van der Waals surface area contributed by atoms with Crippen molar-refractivity contribution >= 4 is 28.1 Å². The van der Waals surface area contributed by atoms with Gasteiger partial charge in [0, 0.05) is 35.4 Å². The second-order valence-electron chi connectivity index (χ2n) is 12.5. The first-order chi connectivity index (χ1) is 25.5. The van der Waals surface area contributed by atoms with Crippen molar-refractivity contribution in [3.8, 4) is 45.3 Å². The third kappa shape index (κ3) is 5.37. The van der Waals surface area contributed by atoms with Gasteiger partial charge in [-0.25, -0.2) is 15.0 Å². The van der Waals surface area contributed by atoms with E-state index in [1.807, 2.05) is 78.9 Å². The Hall–Kier alpha value is -6.94. The zero-order chi connectivity index (χ0) is 35.3. The van der Waals surface area contributed by atoms with Crippen LogP contribution in [0.2, 0.25) is 0 Å². The fourth-order valence-corrected chi connectivity index (χ4v) is 6.74. The monoisotopic (exact) mass is 685 g/mol. The van der Waals surface area contributed by atoms with Crippen molar-refractivity contribution < 1.29 is 18.9 Å². The lowest BCUT2D eigenvalue weighted by Crippen LogP contribution is -2.15. The molecule has 3 aliphatic rings. The summed E-state index contributed by atoms with van der Waals surface area (Å²) in [5, 5.41) is 8.27. The third-order valence-electron chi connectivity index (χ3n) is 9.40. The lowest BCUT2D eigenvalue weighted by Gasteiger charge is -2.14. The molecule has 3 aromatic carbocycles. The molecule has 3 aliphatic heterocycles. The van der Waals surface area contributed by atoms with Crippen molar-refractivity contribution in [2.45, 2.75) is 0 Å². The van der Waals surface area contributed by atoms with Crippen LogP contribution in [0.5, 0.6) is 23.0 Å². The number of hydrogen-bond donors (Lipinski definition) is 3. The van der Waals surface area contributed by atoms with E-state index in [1.165, 1.54) is 0 Å². The third-order valence-corrected chi connectivity index (χ3v) is 9.40. The SMILES string of the molecule is COc1cc(OC)cc(-c2ccc(-c3cc(OC)cc(OC)c3)c3nc4c(nc23)=c2ccc([nH]2)=C2C=CC(=N2)C=CC2=C[CH+]C(=c3ccc=4[nH]3)N2)c1. The molecule has 0 amide bonds. The van der Waals surface area contributed by atoms with Gasteiger partial charge in [-0.05, 0) is 71.8 Å². The van der Waals surface area contributed by atoms with Crippen LogP contribution in [0.4, 0.5) is 0 Å². The van der Waals surface area contributed by atoms with Crippen LogP contribution in [0.25, 0.3) is 44.7 Å². The van der Waals surface area contributed by atoms with Crippen molar-refractivity contribution in [2.75, 3.05) is 28.4 Å². The summed E-state index contributed by atoms with van der Waals surface area (Å²) < 4.78 is 22.7. The molecule has 52 heavy (non-hydrogen) atoms. The fourth-order valence-electron chi connectivity index (χ4n) is 6.74. The minimum Gasteiger partial charge on any atom is -0.497 e. The van der Waals surface area contributed by atoms with Crippen molar-refractivity contribution in [1.29, 1.82) is 0 Å². The van der Waals surface area contributed by atoms with E-state index in [0.717, 1.165) is 66.5 Å². The van der Waals surface area contributed by atoms with Gasteiger partial charge in [0.25, 0.3) is 0 Å². The molecule has 6 heterocycles. The number of aromatic nitrogens is 4. The molecule has 0 unspecified atom stereocenters. The number of nitrogens with one attached hydrogen (secondary N) is 3. The van der Waals surface area contributed by atoms with E-state index in [-0.39, 0.29) is 0 Å². The van der Waals surface area contributed by atoms with E-state index in [9.17, 15) is 0 Å². The maximum absolute atomic E-state index is 5.67. The number of aromatic amines is 2. The lowest BCUT2D eigenvalue weighted by molar-refractivity contribution is 0.394. The van der Waals surface area contributed by atoms with Crippen LogP contribution in [0.1, 0.15) is 0 Å². The van der Waals surface area contributed by atoms with Gasteiger partial charge in [0.05, 0.1) is 79.4 Å². The Labute approximate surface area is 297 Å². The van der Waals surface area contributed by atoms with Gasteiger partial charge in [0.2, 0.25) is 0 Å². The minimum atomic E-state index is 0.666.